The molecule has 0 saturated heterocycles. The molecule has 0 unspecified atom stereocenters. The van der Waals surface area contributed by atoms with Crippen LogP contribution in [0.25, 0.3) is 0 Å². The third-order valence-corrected chi connectivity index (χ3v) is 4.98. The van der Waals surface area contributed by atoms with E-state index in [1.807, 2.05) is 4.57 Å². The van der Waals surface area contributed by atoms with E-state index in [9.17, 15) is 18.4 Å². The molecule has 0 spiro atoms. The van der Waals surface area contributed by atoms with Crippen LogP contribution in [0.4, 0.5) is 8.78 Å². The zero-order chi connectivity index (χ0) is 19.4. The zero-order valence-corrected chi connectivity index (χ0v) is 15.4. The molecule has 1 heterocycles. The average Bonchev–Trinajstić information content (AvgIpc) is 2.66. The smallest absolute Gasteiger partial charge is 0.325 e. The maximum absolute atomic E-state index is 14.0. The highest BCUT2D eigenvalue weighted by Crippen LogP contribution is 2.21. The molecule has 1 aliphatic carbocycles. The van der Waals surface area contributed by atoms with Crippen molar-refractivity contribution in [1.82, 2.24) is 4.57 Å². The topological polar surface area (TPSA) is 48.3 Å². The number of carbonyl (C=O) groups is 1. The van der Waals surface area contributed by atoms with E-state index < -0.39 is 11.6 Å². The van der Waals surface area contributed by atoms with Gasteiger partial charge in [-0.3, -0.25) is 9.59 Å². The number of halogens is 2. The van der Waals surface area contributed by atoms with Crippen molar-refractivity contribution in [2.24, 2.45) is 0 Å². The zero-order valence-electron chi connectivity index (χ0n) is 15.4. The molecule has 144 valence electrons. The van der Waals surface area contributed by atoms with E-state index in [2.05, 4.69) is 0 Å². The molecule has 6 heteroatoms. The molecule has 1 aromatic heterocycles. The van der Waals surface area contributed by atoms with Gasteiger partial charge in [-0.25, -0.2) is 8.78 Å². The van der Waals surface area contributed by atoms with Gasteiger partial charge in [-0.1, -0.05) is 12.1 Å². The second-order valence-corrected chi connectivity index (χ2v) is 6.74. The van der Waals surface area contributed by atoms with Crippen molar-refractivity contribution in [2.45, 2.75) is 52.0 Å². The molecule has 0 N–H and O–H groups in total. The SMILES string of the molecule is CCOC(=O)Cn1c(CCc2cccc(F)c2F)cc(=O)c2c1CCCC2. The number of hydrogen-bond donors (Lipinski definition) is 0. The Morgan fingerprint density at radius 1 is 1.19 bits per heavy atom. The molecular formula is C21H23F2NO3. The molecule has 0 aliphatic heterocycles. The van der Waals surface area contributed by atoms with Crippen LogP contribution in [0.2, 0.25) is 0 Å². The van der Waals surface area contributed by atoms with Crippen LogP contribution in [-0.4, -0.2) is 17.1 Å². The van der Waals surface area contributed by atoms with Crippen molar-refractivity contribution < 1.29 is 18.3 Å². The lowest BCUT2D eigenvalue weighted by molar-refractivity contribution is -0.143. The van der Waals surface area contributed by atoms with Gasteiger partial charge >= 0.3 is 5.97 Å². The minimum absolute atomic E-state index is 0.0252. The Bertz CT molecular complexity index is 905. The fraction of sp³-hybridized carbons (Fsp3) is 0.429. The van der Waals surface area contributed by atoms with Gasteiger partial charge in [0.05, 0.1) is 6.61 Å². The van der Waals surface area contributed by atoms with Gasteiger partial charge in [-0.2, -0.15) is 0 Å². The van der Waals surface area contributed by atoms with Gasteiger partial charge in [0.25, 0.3) is 0 Å². The Morgan fingerprint density at radius 2 is 1.96 bits per heavy atom. The van der Waals surface area contributed by atoms with E-state index >= 15 is 0 Å². The maximum Gasteiger partial charge on any atom is 0.325 e. The number of pyridine rings is 1. The minimum atomic E-state index is -0.887. The van der Waals surface area contributed by atoms with Crippen molar-refractivity contribution in [2.75, 3.05) is 6.61 Å². The number of ether oxygens (including phenoxy) is 1. The Labute approximate surface area is 156 Å². The van der Waals surface area contributed by atoms with Crippen LogP contribution in [0.1, 0.15) is 42.3 Å². The number of carbonyl (C=O) groups excluding carboxylic acids is 1. The number of fused-ring (bicyclic) bond motifs is 1. The first-order valence-corrected chi connectivity index (χ1v) is 9.34. The number of esters is 1. The molecule has 4 nitrogen and oxygen atoms in total. The van der Waals surface area contributed by atoms with E-state index in [-0.39, 0.29) is 36.5 Å². The summed E-state index contributed by atoms with van der Waals surface area (Å²) >= 11 is 0. The van der Waals surface area contributed by atoms with Crippen molar-refractivity contribution in [3.05, 3.63) is 68.6 Å². The molecule has 0 bridgehead atoms. The fourth-order valence-corrected chi connectivity index (χ4v) is 3.69. The summed E-state index contributed by atoms with van der Waals surface area (Å²) in [6, 6.07) is 5.60. The van der Waals surface area contributed by atoms with Crippen LogP contribution in [-0.2, 0) is 41.8 Å². The lowest BCUT2D eigenvalue weighted by atomic mass is 9.94. The van der Waals surface area contributed by atoms with Crippen LogP contribution in [0, 0.1) is 11.6 Å². The van der Waals surface area contributed by atoms with Gasteiger partial charge in [0.1, 0.15) is 6.54 Å². The van der Waals surface area contributed by atoms with Crippen molar-refractivity contribution in [3.63, 3.8) is 0 Å². The number of benzene rings is 1. The van der Waals surface area contributed by atoms with Gasteiger partial charge in [-0.05, 0) is 57.1 Å². The van der Waals surface area contributed by atoms with E-state index in [4.69, 9.17) is 4.74 Å². The molecule has 0 amide bonds. The van der Waals surface area contributed by atoms with Crippen LogP contribution in [0.5, 0.6) is 0 Å². The molecule has 1 aliphatic rings. The molecule has 1 aromatic carbocycles. The van der Waals surface area contributed by atoms with Crippen molar-refractivity contribution in [1.29, 1.82) is 0 Å². The second kappa shape index (κ2) is 8.46. The number of aromatic nitrogens is 1. The Balaban J connectivity index is 1.95. The molecule has 0 fully saturated rings. The summed E-state index contributed by atoms with van der Waals surface area (Å²) in [5.41, 5.74) is 2.49. The minimum Gasteiger partial charge on any atom is -0.465 e. The summed E-state index contributed by atoms with van der Waals surface area (Å²) in [7, 11) is 0. The normalized spacial score (nSPS) is 13.3. The largest absolute Gasteiger partial charge is 0.465 e. The van der Waals surface area contributed by atoms with E-state index in [0.717, 1.165) is 36.6 Å². The van der Waals surface area contributed by atoms with Crippen molar-refractivity contribution in [3.8, 4) is 0 Å². The Hall–Kier alpha value is -2.50. The van der Waals surface area contributed by atoms with Crippen LogP contribution in [0.3, 0.4) is 0 Å². The lowest BCUT2D eigenvalue weighted by Crippen LogP contribution is -2.28. The molecule has 3 rings (SSSR count). The highest BCUT2D eigenvalue weighted by atomic mass is 19.2. The molecule has 0 saturated carbocycles. The van der Waals surface area contributed by atoms with Gasteiger partial charge in [0, 0.05) is 23.0 Å². The van der Waals surface area contributed by atoms with Crippen LogP contribution in [0.15, 0.2) is 29.1 Å². The highest BCUT2D eigenvalue weighted by Gasteiger charge is 2.21. The van der Waals surface area contributed by atoms with Gasteiger partial charge < -0.3 is 9.30 Å². The second-order valence-electron chi connectivity index (χ2n) is 6.74. The summed E-state index contributed by atoms with van der Waals surface area (Å²) in [4.78, 5) is 24.6. The highest BCUT2D eigenvalue weighted by molar-refractivity contribution is 5.69. The predicted molar refractivity (Wildman–Crippen MR) is 97.7 cm³/mol. The number of rotatable bonds is 6. The molecule has 0 radical (unpaired) electrons. The first kappa shape index (κ1) is 19.3. The number of hydrogen-bond acceptors (Lipinski definition) is 3. The first-order valence-electron chi connectivity index (χ1n) is 9.34. The first-order chi connectivity index (χ1) is 13.0. The number of nitrogens with zero attached hydrogens (tertiary/aromatic N) is 1. The van der Waals surface area contributed by atoms with E-state index in [0.29, 0.717) is 18.5 Å². The Morgan fingerprint density at radius 3 is 2.74 bits per heavy atom. The van der Waals surface area contributed by atoms with Crippen LogP contribution >= 0.6 is 0 Å². The Kier molecular flexibility index (Phi) is 6.04. The maximum atomic E-state index is 14.0. The van der Waals surface area contributed by atoms with E-state index in [1.54, 1.807) is 6.92 Å². The van der Waals surface area contributed by atoms with E-state index in [1.165, 1.54) is 18.2 Å². The molecule has 27 heavy (non-hydrogen) atoms. The monoisotopic (exact) mass is 375 g/mol. The standard InChI is InChI=1S/C21H23F2NO3/c1-2-27-20(26)13-24-15(11-10-14-6-5-8-17(22)21(14)23)12-19(25)16-7-3-4-9-18(16)24/h5-6,8,12H,2-4,7,9-11,13H2,1H3. The van der Waals surface area contributed by atoms with Crippen LogP contribution < -0.4 is 5.43 Å². The summed E-state index contributed by atoms with van der Waals surface area (Å²) in [5.74, 6) is -2.12. The lowest BCUT2D eigenvalue weighted by Gasteiger charge is -2.24. The van der Waals surface area contributed by atoms with Gasteiger partial charge in [0.15, 0.2) is 17.1 Å². The fourth-order valence-electron chi connectivity index (χ4n) is 3.69. The third-order valence-electron chi connectivity index (χ3n) is 4.98. The van der Waals surface area contributed by atoms with Crippen molar-refractivity contribution >= 4 is 5.97 Å². The predicted octanol–water partition coefficient (Wildman–Crippen LogP) is 3.35. The summed E-state index contributed by atoms with van der Waals surface area (Å²) in [6.07, 6.45) is 3.92. The molecule has 0 atom stereocenters. The van der Waals surface area contributed by atoms with Gasteiger partial charge in [-0.15, -0.1) is 0 Å². The molecular weight excluding hydrogens is 352 g/mol. The third kappa shape index (κ3) is 4.26. The summed E-state index contributed by atoms with van der Waals surface area (Å²) in [5, 5.41) is 0. The quantitative estimate of drug-likeness (QED) is 0.728. The number of aryl methyl sites for hydroxylation is 2. The van der Waals surface area contributed by atoms with Gasteiger partial charge in [0.2, 0.25) is 0 Å². The average molecular weight is 375 g/mol. The summed E-state index contributed by atoms with van der Waals surface area (Å²) < 4.78 is 34.3. The summed E-state index contributed by atoms with van der Waals surface area (Å²) in [6.45, 7) is 2.05. The molecule has 2 aromatic rings.